The van der Waals surface area contributed by atoms with Crippen molar-refractivity contribution in [1.82, 2.24) is 24.2 Å². The van der Waals surface area contributed by atoms with Crippen LogP contribution in [-0.4, -0.2) is 63.3 Å². The SMILES string of the molecule is CN1CCN(C(=O)c2ccc(-c3cn4c(I)cnc4cn3)cc2)CC1. The van der Waals surface area contributed by atoms with E-state index in [1.807, 2.05) is 46.0 Å². The number of carbonyl (C=O) groups is 1. The van der Waals surface area contributed by atoms with E-state index in [0.29, 0.717) is 0 Å². The van der Waals surface area contributed by atoms with Gasteiger partial charge in [0.2, 0.25) is 0 Å². The van der Waals surface area contributed by atoms with Gasteiger partial charge in [0, 0.05) is 43.5 Å². The molecule has 3 aromatic rings. The van der Waals surface area contributed by atoms with Crippen molar-refractivity contribution in [2.75, 3.05) is 33.2 Å². The summed E-state index contributed by atoms with van der Waals surface area (Å²) in [6.07, 6.45) is 5.56. The molecule has 0 spiro atoms. The van der Waals surface area contributed by atoms with E-state index in [1.54, 1.807) is 6.20 Å². The average Bonchev–Trinajstić information content (AvgIpc) is 3.02. The highest BCUT2D eigenvalue weighted by Gasteiger charge is 2.20. The second kappa shape index (κ2) is 6.72. The van der Waals surface area contributed by atoms with Crippen LogP contribution in [0.3, 0.4) is 0 Å². The second-order valence-electron chi connectivity index (χ2n) is 6.25. The molecule has 0 bridgehead atoms. The zero-order valence-corrected chi connectivity index (χ0v) is 16.0. The van der Waals surface area contributed by atoms with Crippen LogP contribution in [0, 0.1) is 3.70 Å². The van der Waals surface area contributed by atoms with Gasteiger partial charge >= 0.3 is 0 Å². The Kier molecular flexibility index (Phi) is 4.43. The van der Waals surface area contributed by atoms with Crippen molar-refractivity contribution in [3.63, 3.8) is 0 Å². The number of aromatic nitrogens is 3. The van der Waals surface area contributed by atoms with Gasteiger partial charge in [-0.05, 0) is 41.8 Å². The zero-order chi connectivity index (χ0) is 17.4. The van der Waals surface area contributed by atoms with Gasteiger partial charge in [-0.2, -0.15) is 0 Å². The number of rotatable bonds is 2. The molecule has 0 aliphatic carbocycles. The Morgan fingerprint density at radius 3 is 2.48 bits per heavy atom. The topological polar surface area (TPSA) is 53.7 Å². The first-order valence-corrected chi connectivity index (χ1v) is 9.26. The van der Waals surface area contributed by atoms with Crippen LogP contribution >= 0.6 is 22.6 Å². The minimum atomic E-state index is 0.104. The van der Waals surface area contributed by atoms with Crippen LogP contribution < -0.4 is 0 Å². The van der Waals surface area contributed by atoms with Crippen LogP contribution in [0.5, 0.6) is 0 Å². The van der Waals surface area contributed by atoms with Crippen molar-refractivity contribution in [3.05, 3.63) is 52.1 Å². The quantitative estimate of drug-likeness (QED) is 0.567. The number of amides is 1. The number of hydrogen-bond acceptors (Lipinski definition) is 4. The molecule has 3 heterocycles. The summed E-state index contributed by atoms with van der Waals surface area (Å²) in [7, 11) is 2.09. The highest BCUT2D eigenvalue weighted by Crippen LogP contribution is 2.20. The van der Waals surface area contributed by atoms with E-state index in [1.165, 1.54) is 0 Å². The Balaban J connectivity index is 1.56. The monoisotopic (exact) mass is 447 g/mol. The fraction of sp³-hybridized carbons (Fsp3) is 0.278. The summed E-state index contributed by atoms with van der Waals surface area (Å²) in [6.45, 7) is 3.43. The van der Waals surface area contributed by atoms with Gasteiger partial charge in [0.25, 0.3) is 5.91 Å². The zero-order valence-electron chi connectivity index (χ0n) is 13.9. The van der Waals surface area contributed by atoms with E-state index < -0.39 is 0 Å². The highest BCUT2D eigenvalue weighted by atomic mass is 127. The minimum Gasteiger partial charge on any atom is -0.336 e. The molecule has 1 amide bonds. The first kappa shape index (κ1) is 16.5. The summed E-state index contributed by atoms with van der Waals surface area (Å²) in [5, 5.41) is 0. The summed E-state index contributed by atoms with van der Waals surface area (Å²) in [6, 6.07) is 7.70. The van der Waals surface area contributed by atoms with Crippen molar-refractivity contribution >= 4 is 34.1 Å². The third-order valence-corrected chi connectivity index (χ3v) is 5.37. The molecule has 0 unspecified atom stereocenters. The molecule has 2 aromatic heterocycles. The lowest BCUT2D eigenvalue weighted by molar-refractivity contribution is 0.0664. The number of hydrogen-bond donors (Lipinski definition) is 0. The predicted octanol–water partition coefficient (Wildman–Crippen LogP) is 2.39. The van der Waals surface area contributed by atoms with E-state index in [9.17, 15) is 4.79 Å². The summed E-state index contributed by atoms with van der Waals surface area (Å²) >= 11 is 2.25. The molecule has 1 saturated heterocycles. The van der Waals surface area contributed by atoms with Gasteiger partial charge in [0.1, 0.15) is 3.70 Å². The van der Waals surface area contributed by atoms with E-state index in [-0.39, 0.29) is 5.91 Å². The average molecular weight is 447 g/mol. The maximum absolute atomic E-state index is 12.6. The lowest BCUT2D eigenvalue weighted by Crippen LogP contribution is -2.47. The molecule has 1 fully saturated rings. The molecule has 0 radical (unpaired) electrons. The number of imidazole rings is 1. The Bertz CT molecular complexity index is 913. The van der Waals surface area contributed by atoms with Gasteiger partial charge in [-0.3, -0.25) is 14.2 Å². The summed E-state index contributed by atoms with van der Waals surface area (Å²) in [4.78, 5) is 25.5. The molecule has 6 nitrogen and oxygen atoms in total. The molecule has 0 N–H and O–H groups in total. The Morgan fingerprint density at radius 1 is 1.04 bits per heavy atom. The Morgan fingerprint density at radius 2 is 1.76 bits per heavy atom. The van der Waals surface area contributed by atoms with E-state index in [4.69, 9.17) is 0 Å². The number of carbonyl (C=O) groups excluding carboxylic acids is 1. The molecule has 4 rings (SSSR count). The van der Waals surface area contributed by atoms with Gasteiger partial charge in [-0.1, -0.05) is 12.1 Å². The minimum absolute atomic E-state index is 0.104. The van der Waals surface area contributed by atoms with Crippen molar-refractivity contribution in [2.24, 2.45) is 0 Å². The van der Waals surface area contributed by atoms with Crippen LogP contribution in [0.15, 0.2) is 42.9 Å². The number of fused-ring (bicyclic) bond motifs is 1. The van der Waals surface area contributed by atoms with Gasteiger partial charge in [-0.15, -0.1) is 0 Å². The fourth-order valence-electron chi connectivity index (χ4n) is 2.98. The largest absolute Gasteiger partial charge is 0.336 e. The Hall–Kier alpha value is -2.00. The first-order chi connectivity index (χ1) is 12.1. The third kappa shape index (κ3) is 3.25. The number of piperazine rings is 1. The molecule has 1 aliphatic heterocycles. The fourth-order valence-corrected chi connectivity index (χ4v) is 3.51. The van der Waals surface area contributed by atoms with Crippen molar-refractivity contribution in [2.45, 2.75) is 0 Å². The maximum atomic E-state index is 12.6. The van der Waals surface area contributed by atoms with Gasteiger partial charge in [-0.25, -0.2) is 4.98 Å². The molecule has 1 aliphatic rings. The Labute approximate surface area is 159 Å². The number of likely N-dealkylation sites (N-methyl/N-ethyl adjacent to an activating group) is 1. The summed E-state index contributed by atoms with van der Waals surface area (Å²) in [5.41, 5.74) is 3.41. The van der Waals surface area contributed by atoms with Crippen LogP contribution in [0.2, 0.25) is 0 Å². The van der Waals surface area contributed by atoms with Gasteiger partial charge in [0.15, 0.2) is 5.65 Å². The standard InChI is InChI=1S/C18H18IN5O/c1-22-6-8-23(9-7-22)18(25)14-4-2-13(3-5-14)15-12-24-16(19)10-21-17(24)11-20-15/h2-5,10-12H,6-9H2,1H3. The third-order valence-electron chi connectivity index (χ3n) is 4.57. The predicted molar refractivity (Wildman–Crippen MR) is 105 cm³/mol. The lowest BCUT2D eigenvalue weighted by atomic mass is 10.1. The lowest BCUT2D eigenvalue weighted by Gasteiger charge is -2.32. The summed E-state index contributed by atoms with van der Waals surface area (Å²) in [5.74, 6) is 0.104. The molecular weight excluding hydrogens is 429 g/mol. The molecule has 7 heteroatoms. The van der Waals surface area contributed by atoms with Crippen molar-refractivity contribution in [1.29, 1.82) is 0 Å². The van der Waals surface area contributed by atoms with Gasteiger partial charge < -0.3 is 9.80 Å². The molecule has 0 atom stereocenters. The van der Waals surface area contributed by atoms with Crippen LogP contribution in [0.25, 0.3) is 16.9 Å². The molecule has 0 saturated carbocycles. The molecular formula is C18H18IN5O. The van der Waals surface area contributed by atoms with E-state index >= 15 is 0 Å². The summed E-state index contributed by atoms with van der Waals surface area (Å²) < 4.78 is 3.05. The smallest absolute Gasteiger partial charge is 0.253 e. The van der Waals surface area contributed by atoms with Crippen molar-refractivity contribution < 1.29 is 4.79 Å². The van der Waals surface area contributed by atoms with Crippen LogP contribution in [-0.2, 0) is 0 Å². The normalized spacial score (nSPS) is 15.7. The van der Waals surface area contributed by atoms with E-state index in [2.05, 4.69) is 44.5 Å². The molecule has 128 valence electrons. The van der Waals surface area contributed by atoms with Crippen LogP contribution in [0.4, 0.5) is 0 Å². The highest BCUT2D eigenvalue weighted by molar-refractivity contribution is 14.1. The van der Waals surface area contributed by atoms with Crippen LogP contribution in [0.1, 0.15) is 10.4 Å². The first-order valence-electron chi connectivity index (χ1n) is 8.19. The number of halogens is 1. The van der Waals surface area contributed by atoms with Crippen molar-refractivity contribution in [3.8, 4) is 11.3 Å². The number of benzene rings is 1. The van der Waals surface area contributed by atoms with Gasteiger partial charge in [0.05, 0.1) is 18.1 Å². The maximum Gasteiger partial charge on any atom is 0.253 e. The number of nitrogens with zero attached hydrogens (tertiary/aromatic N) is 5. The second-order valence-corrected chi connectivity index (χ2v) is 7.36. The molecule has 25 heavy (non-hydrogen) atoms. The van der Waals surface area contributed by atoms with E-state index in [0.717, 1.165) is 52.3 Å². The molecule has 1 aromatic carbocycles.